The first-order chi connectivity index (χ1) is 13.9. The fourth-order valence-electron chi connectivity index (χ4n) is 3.39. The largest absolute Gasteiger partial charge is 0.506 e. The Bertz CT molecular complexity index is 1010. The second-order valence-corrected chi connectivity index (χ2v) is 8.63. The molecule has 0 saturated carbocycles. The lowest BCUT2D eigenvalue weighted by molar-refractivity contribution is -0.110. The molecule has 0 spiro atoms. The van der Waals surface area contributed by atoms with E-state index in [1.54, 1.807) is 36.4 Å². The van der Waals surface area contributed by atoms with Crippen LogP contribution in [0.15, 0.2) is 39.3 Å². The summed E-state index contributed by atoms with van der Waals surface area (Å²) in [5, 5.41) is 12.7. The number of ketones is 1. The zero-order chi connectivity index (χ0) is 20.5. The summed E-state index contributed by atoms with van der Waals surface area (Å²) in [6, 6.07) is 8.74. The summed E-state index contributed by atoms with van der Waals surface area (Å²) < 4.78 is 6.37. The van der Waals surface area contributed by atoms with Gasteiger partial charge in [0.25, 0.3) is 5.91 Å². The Balaban J connectivity index is 1.64. The van der Waals surface area contributed by atoms with Gasteiger partial charge in [0.05, 0.1) is 28.7 Å². The average Bonchev–Trinajstić information content (AvgIpc) is 3.01. The number of benzene rings is 2. The molecular weight excluding hydrogens is 504 g/mol. The number of nitrogens with zero attached hydrogens (tertiary/aromatic N) is 1. The van der Waals surface area contributed by atoms with E-state index in [0.717, 1.165) is 18.7 Å². The molecule has 6 nitrogen and oxygen atoms in total. The van der Waals surface area contributed by atoms with Crippen molar-refractivity contribution in [3.05, 3.63) is 56.0 Å². The molecule has 2 aromatic carbocycles. The van der Waals surface area contributed by atoms with Crippen LogP contribution in [-0.2, 0) is 9.53 Å². The van der Waals surface area contributed by atoms with Crippen molar-refractivity contribution in [3.63, 3.8) is 0 Å². The number of aromatic hydroxyl groups is 1. The van der Waals surface area contributed by atoms with Crippen molar-refractivity contribution < 1.29 is 19.4 Å². The van der Waals surface area contributed by atoms with Crippen LogP contribution < -0.4 is 5.32 Å². The van der Waals surface area contributed by atoms with Crippen molar-refractivity contribution in [1.29, 1.82) is 0 Å². The lowest BCUT2D eigenvalue weighted by Gasteiger charge is -2.25. The highest BCUT2D eigenvalue weighted by Crippen LogP contribution is 2.37. The third kappa shape index (κ3) is 4.30. The SMILES string of the molecule is O=C1Nc2ccc(C(=O)CN3CCOCC3)cc2/C1=C/c1cc(Br)c(O)c(Br)c1. The Morgan fingerprint density at radius 3 is 2.55 bits per heavy atom. The molecule has 1 saturated heterocycles. The molecule has 0 aliphatic carbocycles. The fraction of sp³-hybridized carbons (Fsp3) is 0.238. The molecule has 1 amide bonds. The maximum Gasteiger partial charge on any atom is 0.256 e. The van der Waals surface area contributed by atoms with E-state index in [4.69, 9.17) is 4.74 Å². The lowest BCUT2D eigenvalue weighted by Crippen LogP contribution is -2.39. The van der Waals surface area contributed by atoms with Crippen LogP contribution >= 0.6 is 31.9 Å². The zero-order valence-corrected chi connectivity index (χ0v) is 18.5. The first kappa shape index (κ1) is 20.3. The Morgan fingerprint density at radius 1 is 1.17 bits per heavy atom. The smallest absolute Gasteiger partial charge is 0.256 e. The summed E-state index contributed by atoms with van der Waals surface area (Å²) in [4.78, 5) is 27.3. The van der Waals surface area contributed by atoms with Gasteiger partial charge in [-0.2, -0.15) is 0 Å². The molecule has 0 radical (unpaired) electrons. The van der Waals surface area contributed by atoms with Crippen molar-refractivity contribution in [3.8, 4) is 5.75 Å². The van der Waals surface area contributed by atoms with Gasteiger partial charge in [0.2, 0.25) is 0 Å². The van der Waals surface area contributed by atoms with Crippen LogP contribution in [0.2, 0.25) is 0 Å². The van der Waals surface area contributed by atoms with Crippen LogP contribution in [0.4, 0.5) is 5.69 Å². The van der Waals surface area contributed by atoms with Crippen molar-refractivity contribution in [1.82, 2.24) is 4.90 Å². The van der Waals surface area contributed by atoms with Crippen molar-refractivity contribution in [2.75, 3.05) is 38.2 Å². The summed E-state index contributed by atoms with van der Waals surface area (Å²) in [5.74, 6) is -0.110. The number of fused-ring (bicyclic) bond motifs is 1. The lowest BCUT2D eigenvalue weighted by atomic mass is 10.00. The second-order valence-electron chi connectivity index (χ2n) is 6.92. The summed E-state index contributed by atoms with van der Waals surface area (Å²) >= 11 is 6.61. The van der Waals surface area contributed by atoms with E-state index in [2.05, 4.69) is 42.1 Å². The van der Waals surface area contributed by atoms with E-state index < -0.39 is 0 Å². The number of nitrogens with one attached hydrogen (secondary N) is 1. The third-order valence-electron chi connectivity index (χ3n) is 4.95. The topological polar surface area (TPSA) is 78.9 Å². The minimum Gasteiger partial charge on any atom is -0.506 e. The summed E-state index contributed by atoms with van der Waals surface area (Å²) in [7, 11) is 0. The van der Waals surface area contributed by atoms with Crippen molar-refractivity contribution in [2.45, 2.75) is 0 Å². The number of carbonyl (C=O) groups excluding carboxylic acids is 2. The highest BCUT2D eigenvalue weighted by atomic mass is 79.9. The van der Waals surface area contributed by atoms with Crippen molar-refractivity contribution in [2.24, 2.45) is 0 Å². The molecule has 0 aromatic heterocycles. The first-order valence-electron chi connectivity index (χ1n) is 9.11. The van der Waals surface area contributed by atoms with Crippen LogP contribution in [0.25, 0.3) is 11.6 Å². The standard InChI is InChI=1S/C21H18Br2N2O4/c22-16-8-12(9-17(23)20(16)27)7-15-14-10-13(1-2-18(14)24-21(15)28)19(26)11-25-3-5-29-6-4-25/h1-2,7-10,27H,3-6,11H2,(H,24,28)/b15-7-. The van der Waals surface area contributed by atoms with E-state index in [1.807, 2.05) is 0 Å². The maximum atomic E-state index is 12.7. The third-order valence-corrected chi connectivity index (χ3v) is 6.15. The van der Waals surface area contributed by atoms with Gasteiger partial charge in [-0.25, -0.2) is 0 Å². The molecule has 4 rings (SSSR count). The van der Waals surface area contributed by atoms with Gasteiger partial charge in [-0.3, -0.25) is 14.5 Å². The minimum absolute atomic E-state index is 0.0171. The predicted molar refractivity (Wildman–Crippen MR) is 118 cm³/mol. The van der Waals surface area contributed by atoms with Gasteiger partial charge in [0, 0.05) is 35.5 Å². The monoisotopic (exact) mass is 520 g/mol. The van der Waals surface area contributed by atoms with Crippen LogP contribution in [0, 0.1) is 0 Å². The van der Waals surface area contributed by atoms with E-state index in [1.165, 1.54) is 0 Å². The number of morpholine rings is 1. The number of hydrogen-bond acceptors (Lipinski definition) is 5. The van der Waals surface area contributed by atoms with E-state index >= 15 is 0 Å². The number of phenols is 1. The number of hydrogen-bond donors (Lipinski definition) is 2. The van der Waals surface area contributed by atoms with Gasteiger partial charge in [-0.1, -0.05) is 0 Å². The molecule has 150 valence electrons. The molecule has 2 aliphatic rings. The molecule has 0 bridgehead atoms. The number of rotatable bonds is 4. The molecule has 2 N–H and O–H groups in total. The van der Waals surface area contributed by atoms with E-state index in [-0.39, 0.29) is 17.4 Å². The first-order valence-corrected chi connectivity index (χ1v) is 10.7. The van der Waals surface area contributed by atoms with Crippen LogP contribution in [0.3, 0.4) is 0 Å². The van der Waals surface area contributed by atoms with Gasteiger partial charge in [-0.15, -0.1) is 0 Å². The number of halogens is 2. The number of ether oxygens (including phenoxy) is 1. The van der Waals surface area contributed by atoms with Crippen LogP contribution in [0.1, 0.15) is 21.5 Å². The number of anilines is 1. The van der Waals surface area contributed by atoms with Crippen molar-refractivity contribution >= 4 is 60.9 Å². The molecule has 1 fully saturated rings. The van der Waals surface area contributed by atoms with Gasteiger partial charge in [0.15, 0.2) is 5.78 Å². The van der Waals surface area contributed by atoms with Gasteiger partial charge >= 0.3 is 0 Å². The van der Waals surface area contributed by atoms with E-state index in [0.29, 0.717) is 51.1 Å². The minimum atomic E-state index is -0.224. The molecule has 2 aromatic rings. The molecule has 0 unspecified atom stereocenters. The van der Waals surface area contributed by atoms with Gasteiger partial charge in [0.1, 0.15) is 5.75 Å². The summed E-state index contributed by atoms with van der Waals surface area (Å²) in [5.41, 5.74) is 3.17. The number of phenolic OH excluding ortho intramolecular Hbond substituents is 1. The number of amides is 1. The second kappa shape index (κ2) is 8.39. The van der Waals surface area contributed by atoms with Crippen LogP contribution in [0.5, 0.6) is 5.75 Å². The van der Waals surface area contributed by atoms with Gasteiger partial charge in [-0.05, 0) is 73.8 Å². The quantitative estimate of drug-likeness (QED) is 0.471. The molecule has 0 atom stereocenters. The van der Waals surface area contributed by atoms with Gasteiger partial charge < -0.3 is 15.2 Å². The Morgan fingerprint density at radius 2 is 1.86 bits per heavy atom. The fourth-order valence-corrected chi connectivity index (χ4v) is 4.62. The summed E-state index contributed by atoms with van der Waals surface area (Å²) in [6.07, 6.45) is 1.74. The molecule has 2 heterocycles. The number of carbonyl (C=O) groups is 2. The number of Topliss-reactive ketones (excluding diaryl/α,β-unsaturated/α-hetero) is 1. The zero-order valence-electron chi connectivity index (χ0n) is 15.4. The average molecular weight is 522 g/mol. The predicted octanol–water partition coefficient (Wildman–Crippen LogP) is 3.92. The highest BCUT2D eigenvalue weighted by molar-refractivity contribution is 9.11. The normalized spacial score (nSPS) is 18.0. The van der Waals surface area contributed by atoms with E-state index in [9.17, 15) is 14.7 Å². The highest BCUT2D eigenvalue weighted by Gasteiger charge is 2.26. The molecule has 2 aliphatic heterocycles. The van der Waals surface area contributed by atoms with Crippen LogP contribution in [-0.4, -0.2) is 54.5 Å². The molecule has 8 heteroatoms. The maximum absolute atomic E-state index is 12.7. The Kier molecular flexibility index (Phi) is 5.87. The Labute approximate surface area is 184 Å². The molecular formula is C21H18Br2N2O4. The Hall–Kier alpha value is -2.00. The summed E-state index contributed by atoms with van der Waals surface area (Å²) in [6.45, 7) is 3.10. The molecule has 29 heavy (non-hydrogen) atoms.